The van der Waals surface area contributed by atoms with Gasteiger partial charge in [-0.05, 0) is 36.8 Å². The van der Waals surface area contributed by atoms with Crippen LogP contribution in [0.3, 0.4) is 0 Å². The van der Waals surface area contributed by atoms with E-state index in [-0.39, 0.29) is 5.91 Å². The van der Waals surface area contributed by atoms with Gasteiger partial charge in [0.1, 0.15) is 0 Å². The lowest BCUT2D eigenvalue weighted by molar-refractivity contribution is 0.0784. The zero-order valence-electron chi connectivity index (χ0n) is 11.5. The lowest BCUT2D eigenvalue weighted by atomic mass is 10.1. The highest BCUT2D eigenvalue weighted by Crippen LogP contribution is 2.10. The van der Waals surface area contributed by atoms with E-state index >= 15 is 0 Å². The van der Waals surface area contributed by atoms with E-state index in [9.17, 15) is 4.79 Å². The van der Waals surface area contributed by atoms with Crippen molar-refractivity contribution in [3.05, 3.63) is 65.0 Å². The van der Waals surface area contributed by atoms with E-state index in [0.717, 1.165) is 11.3 Å². The highest BCUT2D eigenvalue weighted by molar-refractivity contribution is 5.93. The summed E-state index contributed by atoms with van der Waals surface area (Å²) in [4.78, 5) is 18.0. The van der Waals surface area contributed by atoms with Crippen molar-refractivity contribution in [3.8, 4) is 6.07 Å². The summed E-state index contributed by atoms with van der Waals surface area (Å²) in [6.45, 7) is 2.34. The number of hydrogen-bond donors (Lipinski definition) is 0. The number of nitriles is 1. The van der Waals surface area contributed by atoms with E-state index in [4.69, 9.17) is 5.26 Å². The number of amides is 1. The number of hydrogen-bond acceptors (Lipinski definition) is 3. The fourth-order valence-electron chi connectivity index (χ4n) is 1.90. The first-order valence-corrected chi connectivity index (χ1v) is 6.27. The van der Waals surface area contributed by atoms with Gasteiger partial charge in [0.15, 0.2) is 0 Å². The first-order chi connectivity index (χ1) is 9.60. The Morgan fingerprint density at radius 2 is 2.15 bits per heavy atom. The Hall–Kier alpha value is -2.67. The van der Waals surface area contributed by atoms with E-state index in [2.05, 4.69) is 11.1 Å². The quantitative estimate of drug-likeness (QED) is 0.857. The molecule has 0 bridgehead atoms. The molecule has 0 aliphatic rings. The van der Waals surface area contributed by atoms with Crippen molar-refractivity contribution in [1.29, 1.82) is 5.26 Å². The van der Waals surface area contributed by atoms with Crippen LogP contribution in [-0.4, -0.2) is 22.8 Å². The van der Waals surface area contributed by atoms with Gasteiger partial charge in [-0.1, -0.05) is 12.1 Å². The topological polar surface area (TPSA) is 57.0 Å². The number of benzene rings is 1. The number of rotatable bonds is 3. The van der Waals surface area contributed by atoms with Gasteiger partial charge in [0, 0.05) is 25.5 Å². The molecule has 0 radical (unpaired) electrons. The number of carbonyl (C=O) groups excluding carboxylic acids is 1. The van der Waals surface area contributed by atoms with Crippen LogP contribution in [-0.2, 0) is 6.54 Å². The lowest BCUT2D eigenvalue weighted by Crippen LogP contribution is -2.26. The molecular formula is C16H15N3O. The molecule has 0 saturated carbocycles. The van der Waals surface area contributed by atoms with E-state index in [1.54, 1.807) is 36.3 Å². The maximum Gasteiger partial charge on any atom is 0.255 e. The van der Waals surface area contributed by atoms with Gasteiger partial charge in [-0.15, -0.1) is 0 Å². The molecule has 0 aliphatic carbocycles. The minimum atomic E-state index is -0.0835. The fourth-order valence-corrected chi connectivity index (χ4v) is 1.90. The Balaban J connectivity index is 2.11. The molecule has 1 amide bonds. The smallest absolute Gasteiger partial charge is 0.255 e. The summed E-state index contributed by atoms with van der Waals surface area (Å²) >= 11 is 0. The second-order valence-corrected chi connectivity index (χ2v) is 4.66. The first kappa shape index (κ1) is 13.8. The molecule has 100 valence electrons. The third-order valence-corrected chi connectivity index (χ3v) is 2.98. The maximum atomic E-state index is 12.2. The van der Waals surface area contributed by atoms with Crippen LogP contribution in [0.25, 0.3) is 0 Å². The van der Waals surface area contributed by atoms with Gasteiger partial charge in [-0.3, -0.25) is 9.78 Å². The molecule has 0 saturated heterocycles. The number of nitrogens with zero attached hydrogens (tertiary/aromatic N) is 3. The Labute approximate surface area is 118 Å². The summed E-state index contributed by atoms with van der Waals surface area (Å²) in [6, 6.07) is 12.9. The molecule has 4 nitrogen and oxygen atoms in total. The summed E-state index contributed by atoms with van der Waals surface area (Å²) in [6.07, 6.45) is 1.58. The normalized spacial score (nSPS) is 9.85. The van der Waals surface area contributed by atoms with Crippen LogP contribution in [0.4, 0.5) is 0 Å². The summed E-state index contributed by atoms with van der Waals surface area (Å²) in [7, 11) is 1.74. The van der Waals surface area contributed by atoms with Crippen LogP contribution in [0, 0.1) is 18.3 Å². The van der Waals surface area contributed by atoms with E-state index in [1.165, 1.54) is 0 Å². The van der Waals surface area contributed by atoms with E-state index in [0.29, 0.717) is 17.7 Å². The predicted octanol–water partition coefficient (Wildman–Crippen LogP) is 2.53. The molecule has 0 unspecified atom stereocenters. The molecule has 4 heteroatoms. The van der Waals surface area contributed by atoms with Crippen molar-refractivity contribution in [2.75, 3.05) is 7.05 Å². The van der Waals surface area contributed by atoms with Gasteiger partial charge >= 0.3 is 0 Å². The molecule has 0 aliphatic heterocycles. The van der Waals surface area contributed by atoms with Gasteiger partial charge < -0.3 is 4.90 Å². The lowest BCUT2D eigenvalue weighted by Gasteiger charge is -2.17. The number of aryl methyl sites for hydroxylation is 1. The average molecular weight is 265 g/mol. The van der Waals surface area contributed by atoms with E-state index in [1.807, 2.05) is 25.1 Å². The van der Waals surface area contributed by atoms with Gasteiger partial charge in [0.05, 0.1) is 17.2 Å². The monoisotopic (exact) mass is 265 g/mol. The Morgan fingerprint density at radius 3 is 2.80 bits per heavy atom. The number of aromatic nitrogens is 1. The minimum absolute atomic E-state index is 0.0835. The third kappa shape index (κ3) is 3.21. The maximum absolute atomic E-state index is 12.2. The standard InChI is InChI=1S/C16H15N3O/c1-12-6-7-15(10-18-12)16(20)19(2)11-14-5-3-4-13(8-14)9-17/h3-8,10H,11H2,1-2H3. The highest BCUT2D eigenvalue weighted by Gasteiger charge is 2.12. The molecule has 2 aromatic rings. The van der Waals surface area contributed by atoms with Crippen LogP contribution >= 0.6 is 0 Å². The van der Waals surface area contributed by atoms with Crippen molar-refractivity contribution in [2.24, 2.45) is 0 Å². The summed E-state index contributed by atoms with van der Waals surface area (Å²) in [5.41, 5.74) is 2.97. The van der Waals surface area contributed by atoms with Crippen molar-refractivity contribution in [1.82, 2.24) is 9.88 Å². The summed E-state index contributed by atoms with van der Waals surface area (Å²) in [5, 5.41) is 8.87. The largest absolute Gasteiger partial charge is 0.337 e. The SMILES string of the molecule is Cc1ccc(C(=O)N(C)Cc2cccc(C#N)c2)cn1. The Bertz CT molecular complexity index is 656. The summed E-state index contributed by atoms with van der Waals surface area (Å²) < 4.78 is 0. The molecule has 0 fully saturated rings. The number of pyridine rings is 1. The van der Waals surface area contributed by atoms with Gasteiger partial charge in [0.25, 0.3) is 5.91 Å². The van der Waals surface area contributed by atoms with Crippen LogP contribution in [0.15, 0.2) is 42.6 Å². The molecule has 20 heavy (non-hydrogen) atoms. The second-order valence-electron chi connectivity index (χ2n) is 4.66. The molecule has 0 spiro atoms. The molecule has 0 N–H and O–H groups in total. The van der Waals surface area contributed by atoms with Crippen LogP contribution < -0.4 is 0 Å². The van der Waals surface area contributed by atoms with Gasteiger partial charge in [0.2, 0.25) is 0 Å². The van der Waals surface area contributed by atoms with Crippen molar-refractivity contribution in [3.63, 3.8) is 0 Å². The van der Waals surface area contributed by atoms with Crippen LogP contribution in [0.1, 0.15) is 27.2 Å². The number of carbonyl (C=O) groups is 1. The van der Waals surface area contributed by atoms with Gasteiger partial charge in [-0.25, -0.2) is 0 Å². The molecule has 0 atom stereocenters. The van der Waals surface area contributed by atoms with E-state index < -0.39 is 0 Å². The molecular weight excluding hydrogens is 250 g/mol. The minimum Gasteiger partial charge on any atom is -0.337 e. The van der Waals surface area contributed by atoms with Gasteiger partial charge in [-0.2, -0.15) is 5.26 Å². The van der Waals surface area contributed by atoms with Crippen molar-refractivity contribution >= 4 is 5.91 Å². The molecule has 2 rings (SSSR count). The highest BCUT2D eigenvalue weighted by atomic mass is 16.2. The van der Waals surface area contributed by atoms with Crippen molar-refractivity contribution in [2.45, 2.75) is 13.5 Å². The Kier molecular flexibility index (Phi) is 4.11. The van der Waals surface area contributed by atoms with Crippen LogP contribution in [0.2, 0.25) is 0 Å². The fraction of sp³-hybridized carbons (Fsp3) is 0.188. The molecule has 1 heterocycles. The molecule has 1 aromatic heterocycles. The summed E-state index contributed by atoms with van der Waals surface area (Å²) in [5.74, 6) is -0.0835. The molecule has 1 aromatic carbocycles. The average Bonchev–Trinajstić information content (AvgIpc) is 2.47. The first-order valence-electron chi connectivity index (χ1n) is 6.27. The third-order valence-electron chi connectivity index (χ3n) is 2.98. The zero-order chi connectivity index (χ0) is 14.5. The predicted molar refractivity (Wildman–Crippen MR) is 75.9 cm³/mol. The van der Waals surface area contributed by atoms with Crippen LogP contribution in [0.5, 0.6) is 0 Å². The zero-order valence-corrected chi connectivity index (χ0v) is 11.5. The van der Waals surface area contributed by atoms with Crippen molar-refractivity contribution < 1.29 is 4.79 Å². The second kappa shape index (κ2) is 5.98. The Morgan fingerprint density at radius 1 is 1.35 bits per heavy atom.